The van der Waals surface area contributed by atoms with Crippen LogP contribution in [0.3, 0.4) is 0 Å². The highest BCUT2D eigenvalue weighted by molar-refractivity contribution is 5.68. The summed E-state index contributed by atoms with van der Waals surface area (Å²) >= 11 is 0. The van der Waals surface area contributed by atoms with Crippen molar-refractivity contribution in [3.63, 3.8) is 0 Å². The Kier molecular flexibility index (Phi) is 4.10. The lowest BCUT2D eigenvalue weighted by Gasteiger charge is -2.29. The second kappa shape index (κ2) is 5.79. The summed E-state index contributed by atoms with van der Waals surface area (Å²) in [6.07, 6.45) is 4.96. The lowest BCUT2D eigenvalue weighted by atomic mass is 10.1. The van der Waals surface area contributed by atoms with Crippen molar-refractivity contribution < 1.29 is 10.0 Å². The van der Waals surface area contributed by atoms with Crippen molar-refractivity contribution in [2.24, 2.45) is 0 Å². The van der Waals surface area contributed by atoms with E-state index < -0.39 is 4.92 Å². The molecule has 0 saturated carbocycles. The fraction of sp³-hybridized carbons (Fsp3) is 0.636. The van der Waals surface area contributed by atoms with Crippen LogP contribution in [-0.4, -0.2) is 39.2 Å². The summed E-state index contributed by atoms with van der Waals surface area (Å²) in [5, 5.41) is 20.6. The van der Waals surface area contributed by atoms with Crippen LogP contribution in [0.1, 0.15) is 25.7 Å². The smallest absolute Gasteiger partial charge is 0.353 e. The van der Waals surface area contributed by atoms with Gasteiger partial charge in [-0.3, -0.25) is 10.1 Å². The molecule has 1 atom stereocenters. The molecular weight excluding hydrogens is 250 g/mol. The van der Waals surface area contributed by atoms with Crippen molar-refractivity contribution in [1.82, 2.24) is 9.97 Å². The predicted molar refractivity (Wildman–Crippen MR) is 69.8 cm³/mol. The monoisotopic (exact) mass is 267 g/mol. The van der Waals surface area contributed by atoms with Gasteiger partial charge in [-0.05, 0) is 12.8 Å². The second-order valence-corrected chi connectivity index (χ2v) is 4.57. The van der Waals surface area contributed by atoms with Crippen LogP contribution in [0.15, 0.2) is 6.33 Å². The lowest BCUT2D eigenvalue weighted by molar-refractivity contribution is -0.383. The van der Waals surface area contributed by atoms with Gasteiger partial charge in [0.2, 0.25) is 11.6 Å². The van der Waals surface area contributed by atoms with E-state index in [-0.39, 0.29) is 30.0 Å². The van der Waals surface area contributed by atoms with Gasteiger partial charge in [0.25, 0.3) is 0 Å². The lowest BCUT2D eigenvalue weighted by Crippen LogP contribution is -2.38. The Labute approximate surface area is 110 Å². The van der Waals surface area contributed by atoms with E-state index in [9.17, 15) is 15.2 Å². The van der Waals surface area contributed by atoms with Crippen LogP contribution in [0.2, 0.25) is 0 Å². The largest absolute Gasteiger partial charge is 0.394 e. The SMILES string of the molecule is Nc1ncnc(N2CCCCCC2CO)c1[N+](=O)[O-]. The third kappa shape index (κ3) is 2.73. The van der Waals surface area contributed by atoms with Gasteiger partial charge in [0, 0.05) is 6.54 Å². The molecule has 0 radical (unpaired) electrons. The summed E-state index contributed by atoms with van der Waals surface area (Å²) in [5.74, 6) is 0.0642. The molecule has 0 spiro atoms. The van der Waals surface area contributed by atoms with Crippen LogP contribution >= 0.6 is 0 Å². The quantitative estimate of drug-likeness (QED) is 0.611. The zero-order valence-electron chi connectivity index (χ0n) is 10.5. The maximum absolute atomic E-state index is 11.1. The van der Waals surface area contributed by atoms with Gasteiger partial charge < -0.3 is 15.7 Å². The molecule has 1 aromatic rings. The Hall–Kier alpha value is -1.96. The molecule has 8 heteroatoms. The summed E-state index contributed by atoms with van der Waals surface area (Å²) in [6, 6.07) is -0.157. The van der Waals surface area contributed by atoms with Crippen molar-refractivity contribution in [3.05, 3.63) is 16.4 Å². The van der Waals surface area contributed by atoms with E-state index in [4.69, 9.17) is 5.73 Å². The number of aromatic nitrogens is 2. The molecule has 1 fully saturated rings. The van der Waals surface area contributed by atoms with E-state index in [0.717, 1.165) is 25.7 Å². The molecule has 1 aliphatic heterocycles. The van der Waals surface area contributed by atoms with E-state index >= 15 is 0 Å². The molecule has 0 aliphatic carbocycles. The van der Waals surface area contributed by atoms with Crippen molar-refractivity contribution in [3.8, 4) is 0 Å². The average Bonchev–Trinajstić information content (AvgIpc) is 2.62. The van der Waals surface area contributed by atoms with Crippen LogP contribution in [0.4, 0.5) is 17.3 Å². The number of nitrogens with two attached hydrogens (primary N) is 1. The Morgan fingerprint density at radius 1 is 1.47 bits per heavy atom. The Balaban J connectivity index is 2.43. The minimum atomic E-state index is -0.565. The van der Waals surface area contributed by atoms with Gasteiger partial charge >= 0.3 is 5.69 Å². The normalized spacial score (nSPS) is 20.1. The number of aliphatic hydroxyl groups excluding tert-OH is 1. The number of nitrogens with zero attached hydrogens (tertiary/aromatic N) is 4. The zero-order valence-corrected chi connectivity index (χ0v) is 10.5. The van der Waals surface area contributed by atoms with Gasteiger partial charge in [-0.25, -0.2) is 9.97 Å². The molecule has 1 saturated heterocycles. The van der Waals surface area contributed by atoms with Crippen LogP contribution in [-0.2, 0) is 0 Å². The van der Waals surface area contributed by atoms with E-state index in [0.29, 0.717) is 6.54 Å². The first-order valence-electron chi connectivity index (χ1n) is 6.27. The van der Waals surface area contributed by atoms with Crippen molar-refractivity contribution in [2.75, 3.05) is 23.8 Å². The molecular formula is C11H17N5O3. The zero-order chi connectivity index (χ0) is 13.8. The maximum atomic E-state index is 11.1. The fourth-order valence-corrected chi connectivity index (χ4v) is 2.41. The Bertz CT molecular complexity index is 468. The molecule has 8 nitrogen and oxygen atoms in total. The molecule has 1 unspecified atom stereocenters. The summed E-state index contributed by atoms with van der Waals surface area (Å²) in [6.45, 7) is 0.573. The average molecular weight is 267 g/mol. The van der Waals surface area contributed by atoms with E-state index in [1.807, 2.05) is 0 Å². The summed E-state index contributed by atoms with van der Waals surface area (Å²) in [5.41, 5.74) is 5.30. The molecule has 3 N–H and O–H groups in total. The van der Waals surface area contributed by atoms with Gasteiger partial charge in [-0.2, -0.15) is 0 Å². The fourth-order valence-electron chi connectivity index (χ4n) is 2.41. The molecule has 0 bridgehead atoms. The van der Waals surface area contributed by atoms with Gasteiger partial charge in [-0.15, -0.1) is 0 Å². The third-order valence-electron chi connectivity index (χ3n) is 3.37. The van der Waals surface area contributed by atoms with Gasteiger partial charge in [0.1, 0.15) is 6.33 Å². The number of rotatable bonds is 3. The maximum Gasteiger partial charge on any atom is 0.353 e. The van der Waals surface area contributed by atoms with Gasteiger partial charge in [-0.1, -0.05) is 12.8 Å². The summed E-state index contributed by atoms with van der Waals surface area (Å²) < 4.78 is 0. The van der Waals surface area contributed by atoms with Crippen molar-refractivity contribution >= 4 is 17.3 Å². The Morgan fingerprint density at radius 2 is 2.26 bits per heavy atom. The molecule has 19 heavy (non-hydrogen) atoms. The molecule has 1 aromatic heterocycles. The molecule has 104 valence electrons. The van der Waals surface area contributed by atoms with Crippen molar-refractivity contribution in [1.29, 1.82) is 0 Å². The molecule has 1 aliphatic rings. The topological polar surface area (TPSA) is 118 Å². The van der Waals surface area contributed by atoms with Crippen LogP contribution in [0.25, 0.3) is 0 Å². The van der Waals surface area contributed by atoms with E-state index in [1.165, 1.54) is 6.33 Å². The molecule has 0 aromatic carbocycles. The molecule has 0 amide bonds. The number of nitro groups is 1. The van der Waals surface area contributed by atoms with Crippen LogP contribution in [0.5, 0.6) is 0 Å². The number of hydrogen-bond acceptors (Lipinski definition) is 7. The number of anilines is 2. The highest BCUT2D eigenvalue weighted by Gasteiger charge is 2.30. The summed E-state index contributed by atoms with van der Waals surface area (Å²) in [4.78, 5) is 20.0. The van der Waals surface area contributed by atoms with Gasteiger partial charge in [0.05, 0.1) is 17.6 Å². The molecule has 2 rings (SSSR count). The highest BCUT2D eigenvalue weighted by atomic mass is 16.6. The van der Waals surface area contributed by atoms with Gasteiger partial charge in [0.15, 0.2) is 0 Å². The highest BCUT2D eigenvalue weighted by Crippen LogP contribution is 2.33. The second-order valence-electron chi connectivity index (χ2n) is 4.57. The number of aliphatic hydroxyl groups is 1. The third-order valence-corrected chi connectivity index (χ3v) is 3.37. The molecule has 2 heterocycles. The minimum Gasteiger partial charge on any atom is -0.394 e. The van der Waals surface area contributed by atoms with Crippen LogP contribution < -0.4 is 10.6 Å². The predicted octanol–water partition coefficient (Wildman–Crippen LogP) is 0.708. The van der Waals surface area contributed by atoms with Crippen molar-refractivity contribution in [2.45, 2.75) is 31.7 Å². The van der Waals surface area contributed by atoms with E-state index in [2.05, 4.69) is 9.97 Å². The Morgan fingerprint density at radius 3 is 2.95 bits per heavy atom. The number of nitrogen functional groups attached to an aromatic ring is 1. The van der Waals surface area contributed by atoms with E-state index in [1.54, 1.807) is 4.90 Å². The first kappa shape index (κ1) is 13.5. The number of hydrogen-bond donors (Lipinski definition) is 2. The minimum absolute atomic E-state index is 0.0545. The standard InChI is InChI=1S/C11H17N5O3/c12-10-9(16(18)19)11(14-7-13-10)15-5-3-1-2-4-8(15)6-17/h7-8,17H,1-6H2,(H2,12,13,14). The first-order valence-corrected chi connectivity index (χ1v) is 6.27. The first-order chi connectivity index (χ1) is 9.15. The summed E-state index contributed by atoms with van der Waals surface area (Å²) in [7, 11) is 0. The van der Waals surface area contributed by atoms with Crippen LogP contribution in [0, 0.1) is 10.1 Å².